The molecule has 0 radical (unpaired) electrons. The molecule has 1 aliphatic rings. The van der Waals surface area contributed by atoms with E-state index < -0.39 is 0 Å². The highest BCUT2D eigenvalue weighted by Crippen LogP contribution is 2.32. The summed E-state index contributed by atoms with van der Waals surface area (Å²) in [5.41, 5.74) is 2.83. The first-order chi connectivity index (χ1) is 6.92. The van der Waals surface area contributed by atoms with Crippen LogP contribution in [0.1, 0.15) is 24.3 Å². The fraction of sp³-hybridized carbons (Fsp3) is 0.500. The predicted octanol–water partition coefficient (Wildman–Crippen LogP) is 2.20. The molecule has 14 heavy (non-hydrogen) atoms. The molecular formula is C12H18N2. The first-order valence-corrected chi connectivity index (χ1v) is 5.39. The third kappa shape index (κ3) is 1.90. The van der Waals surface area contributed by atoms with Crippen LogP contribution in [0.25, 0.3) is 0 Å². The SMILES string of the molecule is CNCCC1CCNc2ccccc21. The summed E-state index contributed by atoms with van der Waals surface area (Å²) < 4.78 is 0. The van der Waals surface area contributed by atoms with Gasteiger partial charge in [0, 0.05) is 12.2 Å². The van der Waals surface area contributed by atoms with Crippen molar-refractivity contribution in [2.45, 2.75) is 18.8 Å². The Hall–Kier alpha value is -1.02. The average molecular weight is 190 g/mol. The Morgan fingerprint density at radius 1 is 1.43 bits per heavy atom. The third-order valence-corrected chi connectivity index (χ3v) is 2.95. The maximum absolute atomic E-state index is 3.45. The third-order valence-electron chi connectivity index (χ3n) is 2.95. The van der Waals surface area contributed by atoms with Crippen LogP contribution in [0.2, 0.25) is 0 Å². The second kappa shape index (κ2) is 4.47. The van der Waals surface area contributed by atoms with Crippen LogP contribution in [-0.4, -0.2) is 20.1 Å². The molecule has 0 spiro atoms. The molecular weight excluding hydrogens is 172 g/mol. The van der Waals surface area contributed by atoms with Crippen LogP contribution in [0, 0.1) is 0 Å². The van der Waals surface area contributed by atoms with E-state index in [1.165, 1.54) is 24.1 Å². The molecule has 0 aromatic heterocycles. The molecule has 0 saturated heterocycles. The Kier molecular flexibility index (Phi) is 3.04. The lowest BCUT2D eigenvalue weighted by Crippen LogP contribution is -2.20. The van der Waals surface area contributed by atoms with Crippen molar-refractivity contribution in [1.82, 2.24) is 5.32 Å². The molecule has 76 valence electrons. The minimum atomic E-state index is 0.736. The van der Waals surface area contributed by atoms with Gasteiger partial charge >= 0.3 is 0 Å². The molecule has 1 atom stereocenters. The van der Waals surface area contributed by atoms with Crippen LogP contribution < -0.4 is 10.6 Å². The van der Waals surface area contributed by atoms with Gasteiger partial charge in [-0.2, -0.15) is 0 Å². The Morgan fingerprint density at radius 2 is 2.29 bits per heavy atom. The fourth-order valence-corrected chi connectivity index (χ4v) is 2.17. The van der Waals surface area contributed by atoms with E-state index in [2.05, 4.69) is 34.9 Å². The van der Waals surface area contributed by atoms with Gasteiger partial charge in [0.15, 0.2) is 0 Å². The van der Waals surface area contributed by atoms with Crippen LogP contribution >= 0.6 is 0 Å². The zero-order valence-corrected chi connectivity index (χ0v) is 8.72. The Morgan fingerprint density at radius 3 is 3.14 bits per heavy atom. The van der Waals surface area contributed by atoms with Crippen LogP contribution in [-0.2, 0) is 0 Å². The van der Waals surface area contributed by atoms with Crippen molar-refractivity contribution in [3.63, 3.8) is 0 Å². The van der Waals surface area contributed by atoms with Gasteiger partial charge in [-0.3, -0.25) is 0 Å². The summed E-state index contributed by atoms with van der Waals surface area (Å²) in [6, 6.07) is 8.67. The second-order valence-corrected chi connectivity index (χ2v) is 3.89. The standard InChI is InChI=1S/C12H18N2/c1-13-8-6-10-7-9-14-12-5-3-2-4-11(10)12/h2-5,10,13-14H,6-9H2,1H3. The summed E-state index contributed by atoms with van der Waals surface area (Å²) in [7, 11) is 2.02. The van der Waals surface area contributed by atoms with Crippen molar-refractivity contribution < 1.29 is 0 Å². The van der Waals surface area contributed by atoms with Crippen LogP contribution in [0.5, 0.6) is 0 Å². The second-order valence-electron chi connectivity index (χ2n) is 3.89. The summed E-state index contributed by atoms with van der Waals surface area (Å²) in [5, 5.41) is 6.67. The number of nitrogens with one attached hydrogen (secondary N) is 2. The van der Waals surface area contributed by atoms with Crippen molar-refractivity contribution in [2.24, 2.45) is 0 Å². The first-order valence-electron chi connectivity index (χ1n) is 5.39. The van der Waals surface area contributed by atoms with E-state index in [0.717, 1.165) is 19.0 Å². The highest BCUT2D eigenvalue weighted by Gasteiger charge is 2.18. The van der Waals surface area contributed by atoms with Crippen molar-refractivity contribution in [2.75, 3.05) is 25.5 Å². The number of hydrogen-bond acceptors (Lipinski definition) is 2. The minimum Gasteiger partial charge on any atom is -0.385 e. The van der Waals surface area contributed by atoms with E-state index in [9.17, 15) is 0 Å². The van der Waals surface area contributed by atoms with Crippen molar-refractivity contribution in [3.8, 4) is 0 Å². The largest absolute Gasteiger partial charge is 0.385 e. The molecule has 0 bridgehead atoms. The molecule has 2 rings (SSSR count). The van der Waals surface area contributed by atoms with E-state index in [1.807, 2.05) is 7.05 Å². The topological polar surface area (TPSA) is 24.1 Å². The van der Waals surface area contributed by atoms with Crippen molar-refractivity contribution in [3.05, 3.63) is 29.8 Å². The lowest BCUT2D eigenvalue weighted by atomic mass is 9.88. The quantitative estimate of drug-likeness (QED) is 0.763. The van der Waals surface area contributed by atoms with E-state index in [0.29, 0.717) is 0 Å². The van der Waals surface area contributed by atoms with E-state index >= 15 is 0 Å². The Bertz CT molecular complexity index is 296. The van der Waals surface area contributed by atoms with Gasteiger partial charge in [-0.05, 0) is 44.0 Å². The average Bonchev–Trinajstić information content (AvgIpc) is 2.26. The van der Waals surface area contributed by atoms with E-state index in [-0.39, 0.29) is 0 Å². The minimum absolute atomic E-state index is 0.736. The molecule has 1 heterocycles. The number of fused-ring (bicyclic) bond motifs is 1. The lowest BCUT2D eigenvalue weighted by molar-refractivity contribution is 0.560. The normalized spacial score (nSPS) is 19.9. The number of anilines is 1. The summed E-state index contributed by atoms with van der Waals surface area (Å²) in [6.45, 7) is 2.23. The molecule has 1 aromatic carbocycles. The van der Waals surface area contributed by atoms with E-state index in [4.69, 9.17) is 0 Å². The summed E-state index contributed by atoms with van der Waals surface area (Å²) >= 11 is 0. The molecule has 0 aliphatic carbocycles. The van der Waals surface area contributed by atoms with Gasteiger partial charge < -0.3 is 10.6 Å². The molecule has 2 N–H and O–H groups in total. The lowest BCUT2D eigenvalue weighted by Gasteiger charge is -2.26. The number of rotatable bonds is 3. The Labute approximate surface area is 85.7 Å². The number of para-hydroxylation sites is 1. The van der Waals surface area contributed by atoms with Crippen LogP contribution in [0.3, 0.4) is 0 Å². The van der Waals surface area contributed by atoms with Gasteiger partial charge in [0.05, 0.1) is 0 Å². The molecule has 1 unspecified atom stereocenters. The molecule has 0 saturated carbocycles. The molecule has 0 amide bonds. The fourth-order valence-electron chi connectivity index (χ4n) is 2.17. The van der Waals surface area contributed by atoms with Crippen LogP contribution in [0.15, 0.2) is 24.3 Å². The number of benzene rings is 1. The van der Waals surface area contributed by atoms with Gasteiger partial charge in [-0.15, -0.1) is 0 Å². The van der Waals surface area contributed by atoms with Gasteiger partial charge in [-0.25, -0.2) is 0 Å². The molecule has 2 nitrogen and oxygen atoms in total. The first kappa shape index (κ1) is 9.53. The van der Waals surface area contributed by atoms with Gasteiger partial charge in [0.25, 0.3) is 0 Å². The smallest absolute Gasteiger partial charge is 0.0375 e. The number of hydrogen-bond donors (Lipinski definition) is 2. The molecule has 2 heteroatoms. The van der Waals surface area contributed by atoms with Gasteiger partial charge in [-0.1, -0.05) is 18.2 Å². The van der Waals surface area contributed by atoms with Gasteiger partial charge in [0.1, 0.15) is 0 Å². The van der Waals surface area contributed by atoms with Gasteiger partial charge in [0.2, 0.25) is 0 Å². The maximum atomic E-state index is 3.45. The monoisotopic (exact) mass is 190 g/mol. The molecule has 1 aromatic rings. The maximum Gasteiger partial charge on any atom is 0.0375 e. The summed E-state index contributed by atoms with van der Waals surface area (Å²) in [5.74, 6) is 0.736. The van der Waals surface area contributed by atoms with Crippen molar-refractivity contribution >= 4 is 5.69 Å². The Balaban J connectivity index is 2.14. The predicted molar refractivity (Wildman–Crippen MR) is 60.8 cm³/mol. The van der Waals surface area contributed by atoms with E-state index in [1.54, 1.807) is 0 Å². The molecule has 0 fully saturated rings. The zero-order valence-electron chi connectivity index (χ0n) is 8.72. The van der Waals surface area contributed by atoms with Crippen molar-refractivity contribution in [1.29, 1.82) is 0 Å². The highest BCUT2D eigenvalue weighted by atomic mass is 14.9. The van der Waals surface area contributed by atoms with Crippen LogP contribution in [0.4, 0.5) is 5.69 Å². The zero-order chi connectivity index (χ0) is 9.80. The summed E-state index contributed by atoms with van der Waals surface area (Å²) in [4.78, 5) is 0. The highest BCUT2D eigenvalue weighted by molar-refractivity contribution is 5.54. The summed E-state index contributed by atoms with van der Waals surface area (Å²) in [6.07, 6.45) is 2.51. The molecule has 1 aliphatic heterocycles.